The summed E-state index contributed by atoms with van der Waals surface area (Å²) in [4.78, 5) is 0. The maximum absolute atomic E-state index is 6.10. The van der Waals surface area contributed by atoms with E-state index in [4.69, 9.17) is 11.6 Å². The molecule has 0 heterocycles. The van der Waals surface area contributed by atoms with E-state index < -0.39 is 0 Å². The summed E-state index contributed by atoms with van der Waals surface area (Å²) < 4.78 is 0. The van der Waals surface area contributed by atoms with Crippen LogP contribution in [-0.4, -0.2) is 13.1 Å². The third-order valence-electron chi connectivity index (χ3n) is 4.72. The van der Waals surface area contributed by atoms with Gasteiger partial charge in [0.05, 0.1) is 0 Å². The van der Waals surface area contributed by atoms with Gasteiger partial charge >= 0.3 is 0 Å². The lowest BCUT2D eigenvalue weighted by Crippen LogP contribution is -2.40. The number of halogens is 1. The molecule has 0 spiro atoms. The largest absolute Gasteiger partial charge is 0.317 e. The van der Waals surface area contributed by atoms with Crippen LogP contribution in [0.4, 0.5) is 0 Å². The molecule has 2 heteroatoms. The molecule has 1 aromatic rings. The van der Waals surface area contributed by atoms with Gasteiger partial charge in [-0.05, 0) is 68.2 Å². The maximum atomic E-state index is 6.10. The van der Waals surface area contributed by atoms with Crippen LogP contribution < -0.4 is 5.32 Å². The Morgan fingerprint density at radius 1 is 1.32 bits per heavy atom. The van der Waals surface area contributed by atoms with E-state index >= 15 is 0 Å². The molecule has 2 rings (SSSR count). The minimum Gasteiger partial charge on any atom is -0.317 e. The molecule has 0 radical (unpaired) electrons. The van der Waals surface area contributed by atoms with E-state index in [9.17, 15) is 0 Å². The average Bonchev–Trinajstić information content (AvgIpc) is 2.38. The van der Waals surface area contributed by atoms with Gasteiger partial charge in [-0.25, -0.2) is 0 Å². The second-order valence-electron chi connectivity index (χ2n) is 6.31. The monoisotopic (exact) mass is 279 g/mol. The molecule has 106 valence electrons. The van der Waals surface area contributed by atoms with Crippen molar-refractivity contribution in [3.63, 3.8) is 0 Å². The number of hydrogen-bond donors (Lipinski definition) is 1. The van der Waals surface area contributed by atoms with Crippen LogP contribution in [0.2, 0.25) is 5.02 Å². The molecule has 0 aromatic heterocycles. The Kier molecular flexibility index (Phi) is 5.29. The van der Waals surface area contributed by atoms with Crippen LogP contribution >= 0.6 is 11.6 Å². The van der Waals surface area contributed by atoms with Crippen LogP contribution in [0.3, 0.4) is 0 Å². The molecule has 0 amide bonds. The Morgan fingerprint density at radius 3 is 2.74 bits per heavy atom. The Bertz CT molecular complexity index is 402. The van der Waals surface area contributed by atoms with Gasteiger partial charge in [0.1, 0.15) is 0 Å². The summed E-state index contributed by atoms with van der Waals surface area (Å²) in [5.74, 6) is 2.43. The highest BCUT2D eigenvalue weighted by Crippen LogP contribution is 2.35. The minimum atomic E-state index is 0.661. The number of hydrogen-bond acceptors (Lipinski definition) is 1. The molecule has 1 N–H and O–H groups in total. The molecule has 1 fully saturated rings. The summed E-state index contributed by atoms with van der Waals surface area (Å²) in [6.07, 6.45) is 5.17. The van der Waals surface area contributed by atoms with Gasteiger partial charge in [0.25, 0.3) is 0 Å². The van der Waals surface area contributed by atoms with Crippen molar-refractivity contribution in [2.45, 2.75) is 45.6 Å². The predicted octanol–water partition coefficient (Wildman–Crippen LogP) is 4.54. The molecule has 19 heavy (non-hydrogen) atoms. The Morgan fingerprint density at radius 2 is 2.11 bits per heavy atom. The second kappa shape index (κ2) is 6.76. The van der Waals surface area contributed by atoms with Crippen molar-refractivity contribution >= 4 is 11.6 Å². The molecular formula is C17H26ClN. The second-order valence-corrected chi connectivity index (χ2v) is 6.74. The molecule has 1 nitrogen and oxygen atoms in total. The number of nitrogens with one attached hydrogen (secondary N) is 1. The van der Waals surface area contributed by atoms with E-state index in [0.29, 0.717) is 6.04 Å². The highest BCUT2D eigenvalue weighted by molar-refractivity contribution is 6.30. The average molecular weight is 280 g/mol. The van der Waals surface area contributed by atoms with Gasteiger partial charge in [0.15, 0.2) is 0 Å². The van der Waals surface area contributed by atoms with Crippen LogP contribution in [0.5, 0.6) is 0 Å². The molecule has 3 atom stereocenters. The van der Waals surface area contributed by atoms with Crippen LogP contribution in [0.1, 0.15) is 38.7 Å². The zero-order valence-electron chi connectivity index (χ0n) is 12.3. The summed E-state index contributed by atoms with van der Waals surface area (Å²) in [5.41, 5.74) is 1.38. The number of benzene rings is 1. The van der Waals surface area contributed by atoms with Crippen LogP contribution in [0.15, 0.2) is 24.3 Å². The summed E-state index contributed by atoms with van der Waals surface area (Å²) in [6, 6.07) is 9.01. The fourth-order valence-electron chi connectivity index (χ4n) is 3.48. The van der Waals surface area contributed by atoms with Gasteiger partial charge in [-0.2, -0.15) is 0 Å². The summed E-state index contributed by atoms with van der Waals surface area (Å²) >= 11 is 6.10. The molecule has 1 aromatic carbocycles. The van der Waals surface area contributed by atoms with E-state index in [-0.39, 0.29) is 0 Å². The topological polar surface area (TPSA) is 12.0 Å². The normalized spacial score (nSPS) is 27.7. The SMILES string of the molecule is CNC1CCC(C(C)C)CC1Cc1cccc(Cl)c1. The van der Waals surface area contributed by atoms with Crippen molar-refractivity contribution in [2.24, 2.45) is 17.8 Å². The summed E-state index contributed by atoms with van der Waals surface area (Å²) in [6.45, 7) is 4.72. The van der Waals surface area contributed by atoms with Crippen LogP contribution in [0, 0.1) is 17.8 Å². The molecule has 3 unspecified atom stereocenters. The molecule has 0 bridgehead atoms. The number of rotatable bonds is 4. The van der Waals surface area contributed by atoms with E-state index in [2.05, 4.69) is 44.4 Å². The predicted molar refractivity (Wildman–Crippen MR) is 83.7 cm³/mol. The molecule has 1 aliphatic rings. The lowest BCUT2D eigenvalue weighted by Gasteiger charge is -2.38. The zero-order valence-corrected chi connectivity index (χ0v) is 13.1. The van der Waals surface area contributed by atoms with E-state index in [1.807, 2.05) is 6.07 Å². The smallest absolute Gasteiger partial charge is 0.0408 e. The van der Waals surface area contributed by atoms with Gasteiger partial charge in [0.2, 0.25) is 0 Å². The van der Waals surface area contributed by atoms with Gasteiger partial charge in [0, 0.05) is 11.1 Å². The van der Waals surface area contributed by atoms with Crippen LogP contribution in [0.25, 0.3) is 0 Å². The third kappa shape index (κ3) is 3.97. The van der Waals surface area contributed by atoms with Gasteiger partial charge in [-0.1, -0.05) is 37.6 Å². The van der Waals surface area contributed by atoms with Crippen molar-refractivity contribution < 1.29 is 0 Å². The third-order valence-corrected chi connectivity index (χ3v) is 4.96. The summed E-state index contributed by atoms with van der Waals surface area (Å²) in [5, 5.41) is 4.37. The van der Waals surface area contributed by atoms with Crippen molar-refractivity contribution in [3.05, 3.63) is 34.9 Å². The Balaban J connectivity index is 2.06. The first-order valence-electron chi connectivity index (χ1n) is 7.52. The highest BCUT2D eigenvalue weighted by atomic mass is 35.5. The van der Waals surface area contributed by atoms with E-state index in [0.717, 1.165) is 29.2 Å². The van der Waals surface area contributed by atoms with Gasteiger partial charge < -0.3 is 5.32 Å². The Hall–Kier alpha value is -0.530. The highest BCUT2D eigenvalue weighted by Gasteiger charge is 2.30. The van der Waals surface area contributed by atoms with Crippen molar-refractivity contribution in [3.8, 4) is 0 Å². The zero-order chi connectivity index (χ0) is 13.8. The molecule has 0 saturated heterocycles. The van der Waals surface area contributed by atoms with Crippen molar-refractivity contribution in [1.29, 1.82) is 0 Å². The summed E-state index contributed by atoms with van der Waals surface area (Å²) in [7, 11) is 2.10. The first-order chi connectivity index (χ1) is 9.10. The Labute approximate surface area is 122 Å². The maximum Gasteiger partial charge on any atom is 0.0408 e. The molecular weight excluding hydrogens is 254 g/mol. The standard InChI is InChI=1S/C17H26ClN/c1-12(2)14-7-8-17(19-3)15(11-14)9-13-5-4-6-16(18)10-13/h4-6,10,12,14-15,17,19H,7-9,11H2,1-3H3. The fourth-order valence-corrected chi connectivity index (χ4v) is 3.69. The first kappa shape index (κ1) is 14.9. The van der Waals surface area contributed by atoms with Crippen molar-refractivity contribution in [1.82, 2.24) is 5.32 Å². The van der Waals surface area contributed by atoms with Gasteiger partial charge in [-0.15, -0.1) is 0 Å². The van der Waals surface area contributed by atoms with E-state index in [1.165, 1.54) is 24.8 Å². The minimum absolute atomic E-state index is 0.661. The van der Waals surface area contributed by atoms with Crippen molar-refractivity contribution in [2.75, 3.05) is 7.05 Å². The molecule has 1 aliphatic carbocycles. The quantitative estimate of drug-likeness (QED) is 0.853. The molecule has 0 aliphatic heterocycles. The van der Waals surface area contributed by atoms with Gasteiger partial charge in [-0.3, -0.25) is 0 Å². The lowest BCUT2D eigenvalue weighted by atomic mass is 9.72. The first-order valence-corrected chi connectivity index (χ1v) is 7.89. The van der Waals surface area contributed by atoms with Crippen LogP contribution in [-0.2, 0) is 6.42 Å². The fraction of sp³-hybridized carbons (Fsp3) is 0.647. The lowest BCUT2D eigenvalue weighted by molar-refractivity contribution is 0.173. The molecule has 1 saturated carbocycles. The van der Waals surface area contributed by atoms with E-state index in [1.54, 1.807) is 0 Å².